The zero-order valence-electron chi connectivity index (χ0n) is 19.2. The van der Waals surface area contributed by atoms with E-state index in [1.165, 1.54) is 4.90 Å². The lowest BCUT2D eigenvalue weighted by Crippen LogP contribution is -2.52. The van der Waals surface area contributed by atoms with Gasteiger partial charge in [-0.15, -0.1) is 0 Å². The summed E-state index contributed by atoms with van der Waals surface area (Å²) in [5.74, 6) is -2.28. The van der Waals surface area contributed by atoms with Crippen molar-refractivity contribution >= 4 is 29.0 Å². The maximum atomic E-state index is 14.1. The Labute approximate surface area is 193 Å². The molecule has 0 unspecified atom stereocenters. The summed E-state index contributed by atoms with van der Waals surface area (Å²) in [5.41, 5.74) is -0.207. The monoisotopic (exact) mass is 447 g/mol. The molecule has 33 heavy (non-hydrogen) atoms. The van der Waals surface area contributed by atoms with E-state index in [9.17, 15) is 19.5 Å². The van der Waals surface area contributed by atoms with Gasteiger partial charge in [0.15, 0.2) is 5.54 Å². The number of rotatable bonds is 7. The molecule has 0 aromatic heterocycles. The number of carbonyl (C=O) groups excluding carboxylic acids is 3. The Morgan fingerprint density at radius 1 is 0.970 bits per heavy atom. The van der Waals surface area contributed by atoms with Crippen molar-refractivity contribution in [3.05, 3.63) is 71.3 Å². The Bertz CT molecular complexity index is 1130. The van der Waals surface area contributed by atoms with Crippen molar-refractivity contribution in [3.63, 3.8) is 0 Å². The fourth-order valence-electron chi connectivity index (χ4n) is 4.90. The molecule has 2 aliphatic heterocycles. The fraction of sp³-hybridized carbons (Fsp3) is 0.346. The van der Waals surface area contributed by atoms with Crippen LogP contribution in [-0.4, -0.2) is 66.2 Å². The predicted octanol–water partition coefficient (Wildman–Crippen LogP) is 2.97. The molecule has 172 valence electrons. The Morgan fingerprint density at radius 2 is 1.64 bits per heavy atom. The van der Waals surface area contributed by atoms with E-state index < -0.39 is 17.2 Å². The van der Waals surface area contributed by atoms with Crippen LogP contribution in [0.25, 0.3) is 5.76 Å². The molecule has 2 heterocycles. The third-order valence-corrected chi connectivity index (χ3v) is 6.29. The van der Waals surface area contributed by atoms with E-state index >= 15 is 0 Å². The van der Waals surface area contributed by atoms with Crippen LogP contribution < -0.4 is 4.90 Å². The standard InChI is InChI=1S/C26H29N3O4/c1-4-15-28-20-14-9-8-13-19(20)26(25(28)33)21(22(30)18-11-6-5-7-12-18)23(31)24(32)29(26)17-10-16-27(2)3/h5-9,11-14,30H,4,10,15-17H2,1-3H3/t26-/m0/s1. The lowest BCUT2D eigenvalue weighted by atomic mass is 9.82. The van der Waals surface area contributed by atoms with Crippen molar-refractivity contribution in [3.8, 4) is 0 Å². The Kier molecular flexibility index (Phi) is 6.08. The summed E-state index contributed by atoms with van der Waals surface area (Å²) >= 11 is 0. The van der Waals surface area contributed by atoms with Crippen LogP contribution in [0.15, 0.2) is 60.2 Å². The second-order valence-electron chi connectivity index (χ2n) is 8.72. The number of aliphatic hydroxyl groups excluding tert-OH is 1. The minimum Gasteiger partial charge on any atom is -0.507 e. The van der Waals surface area contributed by atoms with E-state index in [-0.39, 0.29) is 23.8 Å². The van der Waals surface area contributed by atoms with E-state index in [2.05, 4.69) is 0 Å². The van der Waals surface area contributed by atoms with Crippen molar-refractivity contribution in [2.75, 3.05) is 38.6 Å². The van der Waals surface area contributed by atoms with Gasteiger partial charge < -0.3 is 19.8 Å². The maximum absolute atomic E-state index is 14.1. The molecule has 4 rings (SSSR count). The molecule has 1 atom stereocenters. The Balaban J connectivity index is 1.99. The highest BCUT2D eigenvalue weighted by atomic mass is 16.3. The number of hydrogen-bond acceptors (Lipinski definition) is 5. The number of hydrogen-bond donors (Lipinski definition) is 1. The molecule has 1 N–H and O–H groups in total. The van der Waals surface area contributed by atoms with Gasteiger partial charge in [-0.1, -0.05) is 55.5 Å². The molecule has 0 radical (unpaired) electrons. The van der Waals surface area contributed by atoms with Gasteiger partial charge in [-0.05, 0) is 39.5 Å². The molecule has 2 amide bonds. The number of carbonyl (C=O) groups is 3. The van der Waals surface area contributed by atoms with Gasteiger partial charge in [0.1, 0.15) is 5.76 Å². The molecule has 1 spiro atoms. The van der Waals surface area contributed by atoms with Crippen LogP contribution in [0, 0.1) is 0 Å². The Hall–Kier alpha value is -3.45. The average Bonchev–Trinajstić information content (AvgIpc) is 3.18. The summed E-state index contributed by atoms with van der Waals surface area (Å²) in [6, 6.07) is 15.9. The first-order valence-corrected chi connectivity index (χ1v) is 11.3. The van der Waals surface area contributed by atoms with Crippen LogP contribution in [-0.2, 0) is 19.9 Å². The molecule has 2 aromatic carbocycles. The zero-order valence-corrected chi connectivity index (χ0v) is 19.2. The third kappa shape index (κ3) is 3.43. The number of ketones is 1. The minimum absolute atomic E-state index is 0.153. The summed E-state index contributed by atoms with van der Waals surface area (Å²) in [4.78, 5) is 45.9. The third-order valence-electron chi connectivity index (χ3n) is 6.29. The molecular weight excluding hydrogens is 418 g/mol. The molecule has 7 heteroatoms. The highest BCUT2D eigenvalue weighted by Gasteiger charge is 2.66. The number of benzene rings is 2. The fourth-order valence-corrected chi connectivity index (χ4v) is 4.90. The van der Waals surface area contributed by atoms with E-state index in [1.54, 1.807) is 47.4 Å². The molecule has 7 nitrogen and oxygen atoms in total. The molecule has 2 aromatic rings. The Morgan fingerprint density at radius 3 is 2.30 bits per heavy atom. The quantitative estimate of drug-likeness (QED) is 0.401. The van der Waals surface area contributed by atoms with Crippen LogP contribution >= 0.6 is 0 Å². The number of para-hydroxylation sites is 1. The number of aliphatic hydroxyl groups is 1. The molecule has 2 aliphatic rings. The van der Waals surface area contributed by atoms with Crippen molar-refractivity contribution < 1.29 is 19.5 Å². The largest absolute Gasteiger partial charge is 0.507 e. The van der Waals surface area contributed by atoms with Gasteiger partial charge in [-0.2, -0.15) is 0 Å². The first kappa shape index (κ1) is 22.7. The molecular formula is C26H29N3O4. The van der Waals surface area contributed by atoms with E-state index in [4.69, 9.17) is 0 Å². The first-order chi connectivity index (χ1) is 15.9. The van der Waals surface area contributed by atoms with Gasteiger partial charge in [0.05, 0.1) is 11.3 Å². The normalized spacial score (nSPS) is 21.5. The smallest absolute Gasteiger partial charge is 0.296 e. The summed E-state index contributed by atoms with van der Waals surface area (Å²) < 4.78 is 0. The van der Waals surface area contributed by atoms with Crippen molar-refractivity contribution in [2.24, 2.45) is 0 Å². The van der Waals surface area contributed by atoms with Crippen LogP contribution in [0.5, 0.6) is 0 Å². The highest BCUT2D eigenvalue weighted by Crippen LogP contribution is 2.53. The summed E-state index contributed by atoms with van der Waals surface area (Å²) in [5, 5.41) is 11.3. The predicted molar refractivity (Wildman–Crippen MR) is 127 cm³/mol. The van der Waals surface area contributed by atoms with Gasteiger partial charge in [0.25, 0.3) is 17.6 Å². The molecule has 1 saturated heterocycles. The lowest BCUT2D eigenvalue weighted by Gasteiger charge is -2.34. The summed E-state index contributed by atoms with van der Waals surface area (Å²) in [6.45, 7) is 3.32. The van der Waals surface area contributed by atoms with Crippen LogP contribution in [0.4, 0.5) is 5.69 Å². The highest BCUT2D eigenvalue weighted by molar-refractivity contribution is 6.50. The number of fused-ring (bicyclic) bond motifs is 2. The van der Waals surface area contributed by atoms with Gasteiger partial charge >= 0.3 is 0 Å². The summed E-state index contributed by atoms with van der Waals surface area (Å²) in [6.07, 6.45) is 1.29. The summed E-state index contributed by atoms with van der Waals surface area (Å²) in [7, 11) is 3.86. The first-order valence-electron chi connectivity index (χ1n) is 11.3. The number of nitrogens with zero attached hydrogens (tertiary/aromatic N) is 3. The van der Waals surface area contributed by atoms with Crippen molar-refractivity contribution in [1.82, 2.24) is 9.80 Å². The van der Waals surface area contributed by atoms with E-state index in [0.29, 0.717) is 42.7 Å². The van der Waals surface area contributed by atoms with E-state index in [1.807, 2.05) is 38.1 Å². The SMILES string of the molecule is CCCN1C(=O)[C@@]2(C(=C(O)c3ccccc3)C(=O)C(=O)N2CCCN(C)C)c2ccccc21. The van der Waals surface area contributed by atoms with Crippen LogP contribution in [0.3, 0.4) is 0 Å². The van der Waals surface area contributed by atoms with Gasteiger partial charge in [0.2, 0.25) is 0 Å². The van der Waals surface area contributed by atoms with E-state index in [0.717, 1.165) is 0 Å². The van der Waals surface area contributed by atoms with Crippen molar-refractivity contribution in [1.29, 1.82) is 0 Å². The molecule has 1 fully saturated rings. The average molecular weight is 448 g/mol. The number of Topliss-reactive ketones (excluding diaryl/α,β-unsaturated/α-hetero) is 1. The lowest BCUT2D eigenvalue weighted by molar-refractivity contribution is -0.143. The zero-order chi connectivity index (χ0) is 23.8. The number of amides is 2. The van der Waals surface area contributed by atoms with Crippen molar-refractivity contribution in [2.45, 2.75) is 25.3 Å². The number of likely N-dealkylation sites (tertiary alicyclic amines) is 1. The van der Waals surface area contributed by atoms with Gasteiger partial charge in [-0.3, -0.25) is 14.4 Å². The maximum Gasteiger partial charge on any atom is 0.296 e. The van der Waals surface area contributed by atoms with Crippen LogP contribution in [0.2, 0.25) is 0 Å². The minimum atomic E-state index is -1.67. The second kappa shape index (κ2) is 8.83. The topological polar surface area (TPSA) is 81.2 Å². The molecule has 0 aliphatic carbocycles. The number of anilines is 1. The van der Waals surface area contributed by atoms with Gasteiger partial charge in [0, 0.05) is 24.2 Å². The molecule has 0 bridgehead atoms. The van der Waals surface area contributed by atoms with Gasteiger partial charge in [-0.25, -0.2) is 0 Å². The van der Waals surface area contributed by atoms with Crippen LogP contribution in [0.1, 0.15) is 30.9 Å². The second-order valence-corrected chi connectivity index (χ2v) is 8.72. The molecule has 0 saturated carbocycles.